The fraction of sp³-hybridized carbons (Fsp3) is 0.625. The maximum Gasteiger partial charge on any atom is 0.453 e. The van der Waals surface area contributed by atoms with Gasteiger partial charge in [-0.25, -0.2) is 0 Å². The fourth-order valence-corrected chi connectivity index (χ4v) is 2.22. The predicted molar refractivity (Wildman–Crippen MR) is 78.2 cm³/mol. The van der Waals surface area contributed by atoms with Gasteiger partial charge in [0.15, 0.2) is 0 Å². The van der Waals surface area contributed by atoms with E-state index < -0.39 is 18.5 Å². The lowest BCUT2D eigenvalue weighted by Crippen LogP contribution is -2.41. The van der Waals surface area contributed by atoms with E-state index in [2.05, 4.69) is 5.92 Å². The zero-order valence-corrected chi connectivity index (χ0v) is 13.1. The second-order valence-corrected chi connectivity index (χ2v) is 5.49. The van der Waals surface area contributed by atoms with E-state index in [1.165, 1.54) is 13.0 Å². The van der Waals surface area contributed by atoms with Crippen LogP contribution in [0.4, 0.5) is 22.0 Å². The van der Waals surface area contributed by atoms with Crippen LogP contribution in [0.3, 0.4) is 0 Å². The van der Waals surface area contributed by atoms with Crippen LogP contribution in [0.2, 0.25) is 0 Å². The lowest BCUT2D eigenvalue weighted by molar-refractivity contribution is -0.281. The van der Waals surface area contributed by atoms with Gasteiger partial charge in [-0.1, -0.05) is 5.92 Å². The van der Waals surface area contributed by atoms with Gasteiger partial charge in [0.05, 0.1) is 13.2 Å². The van der Waals surface area contributed by atoms with Crippen molar-refractivity contribution in [3.05, 3.63) is 22.8 Å². The smallest absolute Gasteiger partial charge is 0.379 e. The summed E-state index contributed by atoms with van der Waals surface area (Å²) in [4.78, 5) is 1.80. The Hall–Kier alpha value is -1.39. The van der Waals surface area contributed by atoms with Gasteiger partial charge in [-0.3, -0.25) is 4.90 Å². The van der Waals surface area contributed by atoms with Gasteiger partial charge in [0.1, 0.15) is 0 Å². The molecule has 0 saturated carbocycles. The van der Waals surface area contributed by atoms with E-state index in [0.29, 0.717) is 37.4 Å². The van der Waals surface area contributed by atoms with Crippen LogP contribution in [0.5, 0.6) is 0 Å². The predicted octanol–water partition coefficient (Wildman–Crippen LogP) is 3.80. The first kappa shape index (κ1) is 19.7. The number of alkyl halides is 5. The average molecular weight is 337 g/mol. The molecule has 0 bridgehead atoms. The molecule has 2 nitrogen and oxygen atoms in total. The lowest BCUT2D eigenvalue weighted by atomic mass is 9.96. The molecule has 1 fully saturated rings. The van der Waals surface area contributed by atoms with Crippen LogP contribution in [0.15, 0.2) is 22.8 Å². The minimum atomic E-state index is -5.58. The van der Waals surface area contributed by atoms with E-state index in [4.69, 9.17) is 11.2 Å². The van der Waals surface area contributed by atoms with Gasteiger partial charge < -0.3 is 4.74 Å². The normalized spacial score (nSPS) is 19.3. The first-order chi connectivity index (χ1) is 10.6. The van der Waals surface area contributed by atoms with Crippen molar-refractivity contribution >= 4 is 0 Å². The molecule has 1 aliphatic heterocycles. The molecule has 0 unspecified atom stereocenters. The Balaban J connectivity index is 3.08. The van der Waals surface area contributed by atoms with Crippen LogP contribution in [-0.4, -0.2) is 49.8 Å². The standard InChI is InChI=1S/C16H20F5NO/c1-4-5-12(2)13(3)14(10-15(17,18)16(19,20)21)11-22-6-8-23-9-7-22/h1,5H,6-11H2,2-3H3/b12-5-,14-13+. The number of terminal acetylenes is 1. The van der Waals surface area contributed by atoms with Crippen molar-refractivity contribution in [2.24, 2.45) is 0 Å². The summed E-state index contributed by atoms with van der Waals surface area (Å²) in [5.74, 6) is -2.51. The lowest BCUT2D eigenvalue weighted by Gasteiger charge is -2.30. The Morgan fingerprint density at radius 1 is 1.17 bits per heavy atom. The van der Waals surface area contributed by atoms with E-state index in [1.807, 2.05) is 0 Å². The number of allylic oxidation sites excluding steroid dienone is 3. The summed E-state index contributed by atoms with van der Waals surface area (Å²) in [5.41, 5.74) is 0.922. The van der Waals surface area contributed by atoms with Crippen LogP contribution >= 0.6 is 0 Å². The number of nitrogens with zero attached hydrogens (tertiary/aromatic N) is 1. The quantitative estimate of drug-likeness (QED) is 0.430. The zero-order chi connectivity index (χ0) is 17.7. The minimum absolute atomic E-state index is 0.0383. The summed E-state index contributed by atoms with van der Waals surface area (Å²) < 4.78 is 69.7. The molecule has 0 aromatic heterocycles. The van der Waals surface area contributed by atoms with Crippen molar-refractivity contribution in [1.29, 1.82) is 0 Å². The van der Waals surface area contributed by atoms with Crippen molar-refractivity contribution in [3.8, 4) is 12.3 Å². The van der Waals surface area contributed by atoms with Crippen molar-refractivity contribution in [2.45, 2.75) is 32.4 Å². The highest BCUT2D eigenvalue weighted by atomic mass is 19.4. The molecule has 0 aromatic rings. The summed E-state index contributed by atoms with van der Waals surface area (Å²) in [6, 6.07) is 0. The Labute approximate surface area is 133 Å². The van der Waals surface area contributed by atoms with Gasteiger partial charge in [-0.15, -0.1) is 6.42 Å². The van der Waals surface area contributed by atoms with Crippen molar-refractivity contribution in [1.82, 2.24) is 4.90 Å². The largest absolute Gasteiger partial charge is 0.453 e. The number of hydrogen-bond acceptors (Lipinski definition) is 2. The minimum Gasteiger partial charge on any atom is -0.379 e. The Bertz CT molecular complexity index is 508. The first-order valence-electron chi connectivity index (χ1n) is 7.15. The van der Waals surface area contributed by atoms with Crippen molar-refractivity contribution in [2.75, 3.05) is 32.8 Å². The molecule has 0 radical (unpaired) electrons. The topological polar surface area (TPSA) is 12.5 Å². The van der Waals surface area contributed by atoms with E-state index in [9.17, 15) is 22.0 Å². The van der Waals surface area contributed by atoms with Crippen LogP contribution in [-0.2, 0) is 4.74 Å². The Kier molecular flexibility index (Phi) is 6.78. The second-order valence-electron chi connectivity index (χ2n) is 5.49. The maximum absolute atomic E-state index is 13.5. The third-order valence-corrected chi connectivity index (χ3v) is 3.79. The molecule has 0 atom stereocenters. The molecule has 7 heteroatoms. The molecule has 1 aliphatic rings. The van der Waals surface area contributed by atoms with Gasteiger partial charge >= 0.3 is 12.1 Å². The molecular formula is C16H20F5NO. The van der Waals surface area contributed by atoms with Gasteiger partial charge in [0, 0.05) is 26.1 Å². The molecule has 0 aliphatic carbocycles. The number of morpholine rings is 1. The van der Waals surface area contributed by atoms with E-state index in [1.54, 1.807) is 11.8 Å². The van der Waals surface area contributed by atoms with E-state index >= 15 is 0 Å². The molecule has 1 rings (SSSR count). The Morgan fingerprint density at radius 2 is 1.74 bits per heavy atom. The molecule has 1 heterocycles. The summed E-state index contributed by atoms with van der Waals surface area (Å²) in [7, 11) is 0. The van der Waals surface area contributed by atoms with Crippen LogP contribution in [0, 0.1) is 12.3 Å². The average Bonchev–Trinajstić information content (AvgIpc) is 2.45. The highest BCUT2D eigenvalue weighted by Crippen LogP contribution is 2.41. The number of ether oxygens (including phenoxy) is 1. The SMILES string of the molecule is C#C/C=C(C)\C(C)=C(\CN1CCOCC1)CC(F)(F)C(F)(F)F. The molecule has 1 saturated heterocycles. The molecule has 23 heavy (non-hydrogen) atoms. The molecule has 130 valence electrons. The van der Waals surface area contributed by atoms with Crippen LogP contribution < -0.4 is 0 Å². The van der Waals surface area contributed by atoms with E-state index in [0.717, 1.165) is 0 Å². The van der Waals surface area contributed by atoms with Gasteiger partial charge in [0.25, 0.3) is 0 Å². The van der Waals surface area contributed by atoms with Gasteiger partial charge in [-0.05, 0) is 36.6 Å². The van der Waals surface area contributed by atoms with Crippen LogP contribution in [0.1, 0.15) is 20.3 Å². The van der Waals surface area contributed by atoms with E-state index in [-0.39, 0.29) is 12.1 Å². The number of halogens is 5. The van der Waals surface area contributed by atoms with Gasteiger partial charge in [0.2, 0.25) is 0 Å². The number of rotatable bonds is 5. The zero-order valence-electron chi connectivity index (χ0n) is 13.1. The second kappa shape index (κ2) is 7.93. The third kappa shape index (κ3) is 5.63. The summed E-state index contributed by atoms with van der Waals surface area (Å²) in [6.45, 7) is 5.00. The van der Waals surface area contributed by atoms with Crippen LogP contribution in [0.25, 0.3) is 0 Å². The first-order valence-corrected chi connectivity index (χ1v) is 7.15. The molecule has 0 spiro atoms. The monoisotopic (exact) mass is 337 g/mol. The molecule has 0 aromatic carbocycles. The maximum atomic E-state index is 13.5. The van der Waals surface area contributed by atoms with Gasteiger partial charge in [-0.2, -0.15) is 22.0 Å². The summed E-state index contributed by atoms with van der Waals surface area (Å²) in [5, 5.41) is 0. The van der Waals surface area contributed by atoms with Crippen molar-refractivity contribution in [3.63, 3.8) is 0 Å². The van der Waals surface area contributed by atoms with Crippen molar-refractivity contribution < 1.29 is 26.7 Å². The summed E-state index contributed by atoms with van der Waals surface area (Å²) in [6.07, 6.45) is -0.436. The molecular weight excluding hydrogens is 317 g/mol. The third-order valence-electron chi connectivity index (χ3n) is 3.79. The molecule has 0 N–H and O–H groups in total. The Morgan fingerprint density at radius 3 is 2.22 bits per heavy atom. The molecule has 0 amide bonds. The summed E-state index contributed by atoms with van der Waals surface area (Å²) >= 11 is 0. The highest BCUT2D eigenvalue weighted by molar-refractivity contribution is 5.37. The number of hydrogen-bond donors (Lipinski definition) is 0. The fourth-order valence-electron chi connectivity index (χ4n) is 2.22. The highest BCUT2D eigenvalue weighted by Gasteiger charge is 2.57.